The highest BCUT2D eigenvalue weighted by atomic mass is 19.1. The van der Waals surface area contributed by atoms with Gasteiger partial charge in [-0.05, 0) is 24.6 Å². The van der Waals surface area contributed by atoms with Gasteiger partial charge in [-0.3, -0.25) is 4.68 Å². The zero-order chi connectivity index (χ0) is 13.8. The van der Waals surface area contributed by atoms with Gasteiger partial charge in [-0.25, -0.2) is 9.18 Å². The van der Waals surface area contributed by atoms with Gasteiger partial charge in [0.15, 0.2) is 0 Å². The van der Waals surface area contributed by atoms with E-state index in [0.29, 0.717) is 6.54 Å². The Morgan fingerprint density at radius 1 is 1.42 bits per heavy atom. The Labute approximate surface area is 109 Å². The lowest BCUT2D eigenvalue weighted by Gasteiger charge is -2.01. The lowest BCUT2D eigenvalue weighted by Crippen LogP contribution is -2.12. The highest BCUT2D eigenvalue weighted by Gasteiger charge is 2.07. The van der Waals surface area contributed by atoms with Gasteiger partial charge < -0.3 is 10.5 Å². The van der Waals surface area contributed by atoms with Crippen LogP contribution in [0.15, 0.2) is 30.5 Å². The fourth-order valence-corrected chi connectivity index (χ4v) is 1.71. The Balaban J connectivity index is 2.07. The van der Waals surface area contributed by atoms with Crippen molar-refractivity contribution in [2.45, 2.75) is 20.1 Å². The van der Waals surface area contributed by atoms with Crippen LogP contribution < -0.4 is 5.73 Å². The van der Waals surface area contributed by atoms with Gasteiger partial charge in [0.25, 0.3) is 0 Å². The molecular weight excluding hydrogens is 249 g/mol. The van der Waals surface area contributed by atoms with Crippen molar-refractivity contribution in [2.75, 3.05) is 0 Å². The summed E-state index contributed by atoms with van der Waals surface area (Å²) in [5.74, 6) is -0.268. The number of benzene rings is 1. The van der Waals surface area contributed by atoms with Gasteiger partial charge >= 0.3 is 6.09 Å². The number of aromatic nitrogens is 2. The second kappa shape index (κ2) is 5.51. The molecule has 1 aromatic carbocycles. The molecule has 0 spiro atoms. The fraction of sp³-hybridized carbons (Fsp3) is 0.231. The lowest BCUT2D eigenvalue weighted by atomic mass is 10.2. The van der Waals surface area contributed by atoms with Gasteiger partial charge in [0.1, 0.15) is 12.4 Å². The molecule has 6 heteroatoms. The number of primary amides is 1. The molecule has 0 aliphatic carbocycles. The molecule has 1 amide bonds. The van der Waals surface area contributed by atoms with E-state index in [1.54, 1.807) is 23.0 Å². The summed E-state index contributed by atoms with van der Waals surface area (Å²) in [5, 5.41) is 4.30. The third-order valence-corrected chi connectivity index (χ3v) is 2.68. The van der Waals surface area contributed by atoms with Crippen molar-refractivity contribution < 1.29 is 13.9 Å². The van der Waals surface area contributed by atoms with Gasteiger partial charge in [0.2, 0.25) is 0 Å². The Morgan fingerprint density at radius 2 is 2.11 bits per heavy atom. The number of halogens is 1. The highest BCUT2D eigenvalue weighted by molar-refractivity contribution is 5.64. The fourth-order valence-electron chi connectivity index (χ4n) is 1.71. The molecule has 5 nitrogen and oxygen atoms in total. The maximum Gasteiger partial charge on any atom is 0.404 e. The zero-order valence-corrected chi connectivity index (χ0v) is 10.5. The molecule has 2 N–H and O–H groups in total. The zero-order valence-electron chi connectivity index (χ0n) is 10.5. The van der Waals surface area contributed by atoms with Crippen molar-refractivity contribution in [3.8, 4) is 0 Å². The van der Waals surface area contributed by atoms with E-state index in [0.717, 1.165) is 16.8 Å². The smallest absolute Gasteiger partial charge is 0.404 e. The van der Waals surface area contributed by atoms with Gasteiger partial charge in [-0.15, -0.1) is 0 Å². The van der Waals surface area contributed by atoms with Crippen molar-refractivity contribution in [3.63, 3.8) is 0 Å². The number of ether oxygens (including phenoxy) is 1. The molecule has 0 bridgehead atoms. The summed E-state index contributed by atoms with van der Waals surface area (Å²) in [5.41, 5.74) is 7.41. The number of hydrogen-bond donors (Lipinski definition) is 1. The SMILES string of the molecule is Cc1nn(Cc2ccc(F)cc2)cc1COC(N)=O. The second-order valence-corrected chi connectivity index (χ2v) is 4.17. The molecule has 0 aliphatic heterocycles. The first-order chi connectivity index (χ1) is 9.04. The Hall–Kier alpha value is -2.37. The number of aryl methyl sites for hydroxylation is 1. The molecule has 2 rings (SSSR count). The molecule has 0 saturated carbocycles. The van der Waals surface area contributed by atoms with Crippen LogP contribution >= 0.6 is 0 Å². The van der Waals surface area contributed by atoms with Crippen LogP contribution in [0.3, 0.4) is 0 Å². The minimum absolute atomic E-state index is 0.102. The quantitative estimate of drug-likeness (QED) is 0.916. The van der Waals surface area contributed by atoms with Crippen molar-refractivity contribution in [3.05, 3.63) is 53.1 Å². The molecule has 1 heterocycles. The number of nitrogens with two attached hydrogens (primary N) is 1. The number of nitrogens with zero attached hydrogens (tertiary/aromatic N) is 2. The average molecular weight is 263 g/mol. The van der Waals surface area contributed by atoms with Crippen molar-refractivity contribution >= 4 is 6.09 Å². The predicted octanol–water partition coefficient (Wildman–Crippen LogP) is 1.97. The van der Waals surface area contributed by atoms with Gasteiger partial charge in [0.05, 0.1) is 12.2 Å². The summed E-state index contributed by atoms with van der Waals surface area (Å²) in [4.78, 5) is 10.6. The summed E-state index contributed by atoms with van der Waals surface area (Å²) in [6.45, 7) is 2.45. The topological polar surface area (TPSA) is 70.1 Å². The minimum Gasteiger partial charge on any atom is -0.445 e. The van der Waals surface area contributed by atoms with Gasteiger partial charge in [0, 0.05) is 11.8 Å². The van der Waals surface area contributed by atoms with Crippen LogP contribution in [-0.4, -0.2) is 15.9 Å². The summed E-state index contributed by atoms with van der Waals surface area (Å²) in [7, 11) is 0. The van der Waals surface area contributed by atoms with E-state index in [9.17, 15) is 9.18 Å². The van der Waals surface area contributed by atoms with Gasteiger partial charge in [-0.2, -0.15) is 5.10 Å². The second-order valence-electron chi connectivity index (χ2n) is 4.17. The maximum atomic E-state index is 12.8. The van der Waals surface area contributed by atoms with E-state index in [-0.39, 0.29) is 12.4 Å². The minimum atomic E-state index is -0.814. The predicted molar refractivity (Wildman–Crippen MR) is 66.8 cm³/mol. The van der Waals surface area contributed by atoms with Crippen LogP contribution in [0, 0.1) is 12.7 Å². The van der Waals surface area contributed by atoms with Crippen LogP contribution in [0.1, 0.15) is 16.8 Å². The summed E-state index contributed by atoms with van der Waals surface area (Å²) in [6, 6.07) is 6.21. The number of rotatable bonds is 4. The molecule has 0 radical (unpaired) electrons. The maximum absolute atomic E-state index is 12.8. The number of carbonyl (C=O) groups excluding carboxylic acids is 1. The summed E-state index contributed by atoms with van der Waals surface area (Å²) in [6.07, 6.45) is 0.965. The molecular formula is C13H14FN3O2. The Kier molecular flexibility index (Phi) is 3.79. The standard InChI is InChI=1S/C13H14FN3O2/c1-9-11(8-19-13(15)18)7-17(16-9)6-10-2-4-12(14)5-3-10/h2-5,7H,6,8H2,1H3,(H2,15,18). The van der Waals surface area contributed by atoms with Gasteiger partial charge in [-0.1, -0.05) is 12.1 Å². The Bertz CT molecular complexity index is 578. The normalized spacial score (nSPS) is 10.4. The van der Waals surface area contributed by atoms with E-state index in [1.807, 2.05) is 6.92 Å². The number of amides is 1. The lowest BCUT2D eigenvalue weighted by molar-refractivity contribution is 0.150. The molecule has 0 saturated heterocycles. The monoisotopic (exact) mass is 263 g/mol. The van der Waals surface area contributed by atoms with Crippen molar-refractivity contribution in [1.29, 1.82) is 0 Å². The molecule has 1 aromatic heterocycles. The van der Waals surface area contributed by atoms with E-state index in [1.165, 1.54) is 12.1 Å². The number of carbonyl (C=O) groups is 1. The molecule has 0 unspecified atom stereocenters. The first-order valence-electron chi connectivity index (χ1n) is 5.74. The Morgan fingerprint density at radius 3 is 2.74 bits per heavy atom. The van der Waals surface area contributed by atoms with E-state index in [4.69, 9.17) is 10.5 Å². The van der Waals surface area contributed by atoms with Crippen LogP contribution in [0.5, 0.6) is 0 Å². The molecule has 0 aliphatic rings. The molecule has 2 aromatic rings. The third kappa shape index (κ3) is 3.54. The summed E-state index contributed by atoms with van der Waals surface area (Å²) >= 11 is 0. The first kappa shape index (κ1) is 13.1. The largest absolute Gasteiger partial charge is 0.445 e. The van der Waals surface area contributed by atoms with E-state index < -0.39 is 6.09 Å². The first-order valence-corrected chi connectivity index (χ1v) is 5.74. The molecule has 19 heavy (non-hydrogen) atoms. The van der Waals surface area contributed by atoms with Crippen LogP contribution in [-0.2, 0) is 17.9 Å². The molecule has 0 fully saturated rings. The summed E-state index contributed by atoms with van der Waals surface area (Å²) < 4.78 is 19.2. The van der Waals surface area contributed by atoms with E-state index in [2.05, 4.69) is 5.10 Å². The van der Waals surface area contributed by atoms with Crippen LogP contribution in [0.25, 0.3) is 0 Å². The number of hydrogen-bond acceptors (Lipinski definition) is 3. The van der Waals surface area contributed by atoms with E-state index >= 15 is 0 Å². The van der Waals surface area contributed by atoms with Crippen LogP contribution in [0.2, 0.25) is 0 Å². The molecule has 100 valence electrons. The van der Waals surface area contributed by atoms with Crippen molar-refractivity contribution in [1.82, 2.24) is 9.78 Å². The third-order valence-electron chi connectivity index (χ3n) is 2.68. The van der Waals surface area contributed by atoms with Crippen LogP contribution in [0.4, 0.5) is 9.18 Å². The van der Waals surface area contributed by atoms with Crippen molar-refractivity contribution in [2.24, 2.45) is 5.73 Å². The highest BCUT2D eigenvalue weighted by Crippen LogP contribution is 2.10. The average Bonchev–Trinajstić information content (AvgIpc) is 2.70. The molecule has 0 atom stereocenters.